The van der Waals surface area contributed by atoms with Crippen LogP contribution in [0.1, 0.15) is 19.3 Å². The van der Waals surface area contributed by atoms with Crippen molar-refractivity contribution in [2.24, 2.45) is 11.7 Å². The average molecular weight is 511 g/mol. The molecule has 6 fully saturated rings. The van der Waals surface area contributed by atoms with Crippen LogP contribution in [0.3, 0.4) is 0 Å². The van der Waals surface area contributed by atoms with E-state index in [-0.39, 0.29) is 29.4 Å². The Morgan fingerprint density at radius 3 is 2.60 bits per heavy atom. The Hall–Kier alpha value is -0.600. The standard InChI is InChI=1S/C23H43ClN10O/c24-15-11-28-22-20(21(25)30-34(22)13-15)23(35)29-17-12-26-4-1-18(17)31-6-2-16(3-7-31)33-10-9-32-8-5-27-19(32)14-33/h15-22,26-28,30H,1-14,25H2,(H,29,35). The Balaban J connectivity index is 1.04. The van der Waals surface area contributed by atoms with Crippen molar-refractivity contribution in [1.29, 1.82) is 0 Å². The third-order valence-electron chi connectivity index (χ3n) is 9.18. The molecule has 0 aliphatic carbocycles. The van der Waals surface area contributed by atoms with Gasteiger partial charge in [-0.25, -0.2) is 10.4 Å². The van der Waals surface area contributed by atoms with Crippen LogP contribution in [0, 0.1) is 5.92 Å². The zero-order chi connectivity index (χ0) is 23.9. The van der Waals surface area contributed by atoms with Gasteiger partial charge in [0.25, 0.3) is 0 Å². The van der Waals surface area contributed by atoms with Gasteiger partial charge in [0, 0.05) is 77.5 Å². The van der Waals surface area contributed by atoms with E-state index in [1.54, 1.807) is 0 Å². The van der Waals surface area contributed by atoms with Gasteiger partial charge in [0.2, 0.25) is 5.91 Å². The Morgan fingerprint density at radius 2 is 1.74 bits per heavy atom. The molecular weight excluding hydrogens is 468 g/mol. The summed E-state index contributed by atoms with van der Waals surface area (Å²) in [7, 11) is 0. The third kappa shape index (κ3) is 5.09. The normalized spacial score (nSPS) is 42.6. The quantitative estimate of drug-likeness (QED) is 0.220. The zero-order valence-corrected chi connectivity index (χ0v) is 21.4. The van der Waals surface area contributed by atoms with Gasteiger partial charge in [0.15, 0.2) is 0 Å². The lowest BCUT2D eigenvalue weighted by molar-refractivity contribution is -0.128. The average Bonchev–Trinajstić information content (AvgIpc) is 3.47. The Morgan fingerprint density at radius 1 is 0.914 bits per heavy atom. The van der Waals surface area contributed by atoms with Gasteiger partial charge < -0.3 is 16.4 Å². The highest BCUT2D eigenvalue weighted by molar-refractivity contribution is 6.21. The minimum absolute atomic E-state index is 0.0147. The minimum atomic E-state index is -0.407. The molecule has 11 nitrogen and oxygen atoms in total. The summed E-state index contributed by atoms with van der Waals surface area (Å²) >= 11 is 6.29. The molecule has 1 amide bonds. The maximum absolute atomic E-state index is 13.4. The van der Waals surface area contributed by atoms with Crippen LogP contribution in [0.2, 0.25) is 0 Å². The number of nitrogens with two attached hydrogens (primary N) is 1. The van der Waals surface area contributed by atoms with Gasteiger partial charge in [-0.1, -0.05) is 0 Å². The first-order chi connectivity index (χ1) is 17.1. The number of likely N-dealkylation sites (tertiary alicyclic amines) is 1. The van der Waals surface area contributed by atoms with E-state index in [1.165, 1.54) is 32.5 Å². The molecule has 0 bridgehead atoms. The fraction of sp³-hybridized carbons (Fsp3) is 0.957. The maximum Gasteiger partial charge on any atom is 0.229 e. The number of nitrogens with zero attached hydrogens (tertiary/aromatic N) is 4. The number of hydrazine groups is 1. The fourth-order valence-electron chi connectivity index (χ4n) is 7.28. The molecule has 6 rings (SSSR count). The molecule has 7 unspecified atom stereocenters. The van der Waals surface area contributed by atoms with Gasteiger partial charge >= 0.3 is 0 Å². The Bertz CT molecular complexity index is 754. The molecule has 7 N–H and O–H groups in total. The second-order valence-electron chi connectivity index (χ2n) is 11.2. The second kappa shape index (κ2) is 10.6. The minimum Gasteiger partial charge on any atom is -0.350 e. The van der Waals surface area contributed by atoms with E-state index < -0.39 is 6.17 Å². The van der Waals surface area contributed by atoms with Crippen LogP contribution in [0.5, 0.6) is 0 Å². The number of carbonyl (C=O) groups excluding carboxylic acids is 1. The summed E-state index contributed by atoms with van der Waals surface area (Å²) in [6.45, 7) is 11.3. The fourth-order valence-corrected chi connectivity index (χ4v) is 7.52. The van der Waals surface area contributed by atoms with Crippen molar-refractivity contribution in [2.45, 2.75) is 61.3 Å². The van der Waals surface area contributed by atoms with Gasteiger partial charge in [-0.2, -0.15) is 0 Å². The molecule has 0 spiro atoms. The zero-order valence-electron chi connectivity index (χ0n) is 20.7. The van der Waals surface area contributed by atoms with E-state index in [0.717, 1.165) is 45.7 Å². The first kappa shape index (κ1) is 24.7. The number of hydrogen-bond acceptors (Lipinski definition) is 10. The maximum atomic E-state index is 13.4. The number of alkyl halides is 1. The molecule has 35 heavy (non-hydrogen) atoms. The number of halogens is 1. The molecule has 7 atom stereocenters. The van der Waals surface area contributed by atoms with Crippen LogP contribution in [0.15, 0.2) is 0 Å². The molecule has 0 saturated carbocycles. The summed E-state index contributed by atoms with van der Waals surface area (Å²) in [6, 6.07) is 1.16. The predicted octanol–water partition coefficient (Wildman–Crippen LogP) is -2.90. The Labute approximate surface area is 213 Å². The third-order valence-corrected chi connectivity index (χ3v) is 9.48. The lowest BCUT2D eigenvalue weighted by Gasteiger charge is -2.47. The summed E-state index contributed by atoms with van der Waals surface area (Å²) in [5.41, 5.74) is 9.60. The summed E-state index contributed by atoms with van der Waals surface area (Å²) < 4.78 is 0. The summed E-state index contributed by atoms with van der Waals surface area (Å²) in [5.74, 6) is -0.302. The largest absolute Gasteiger partial charge is 0.350 e. The molecule has 6 heterocycles. The molecule has 0 aromatic carbocycles. The molecular formula is C23H43ClN10O. The van der Waals surface area contributed by atoms with Gasteiger partial charge in [-0.15, -0.1) is 11.6 Å². The molecule has 0 aromatic heterocycles. The van der Waals surface area contributed by atoms with Crippen LogP contribution in [0.25, 0.3) is 0 Å². The SMILES string of the molecule is NC1NN2CC(Cl)CNC2C1C(=O)NC1CNCCC1N1CCC(N2CCN3CCNC3C2)CC1. The van der Waals surface area contributed by atoms with Crippen molar-refractivity contribution < 1.29 is 4.79 Å². The number of piperazine rings is 1. The van der Waals surface area contributed by atoms with Crippen LogP contribution >= 0.6 is 11.6 Å². The monoisotopic (exact) mass is 510 g/mol. The number of carbonyl (C=O) groups is 1. The molecule has 198 valence electrons. The first-order valence-electron chi connectivity index (χ1n) is 13.7. The van der Waals surface area contributed by atoms with E-state index >= 15 is 0 Å². The van der Waals surface area contributed by atoms with Crippen molar-refractivity contribution in [2.75, 3.05) is 72.0 Å². The first-order valence-corrected chi connectivity index (χ1v) is 14.1. The van der Waals surface area contributed by atoms with Gasteiger partial charge in [-0.05, 0) is 25.8 Å². The van der Waals surface area contributed by atoms with Gasteiger partial charge in [-0.3, -0.25) is 30.1 Å². The number of hydrogen-bond donors (Lipinski definition) is 6. The summed E-state index contributed by atoms with van der Waals surface area (Å²) in [4.78, 5) is 21.4. The van der Waals surface area contributed by atoms with Crippen molar-refractivity contribution in [3.05, 3.63) is 0 Å². The highest BCUT2D eigenvalue weighted by Crippen LogP contribution is 2.26. The van der Waals surface area contributed by atoms with Crippen molar-refractivity contribution >= 4 is 17.5 Å². The van der Waals surface area contributed by atoms with Crippen LogP contribution in [-0.4, -0.2) is 140 Å². The van der Waals surface area contributed by atoms with E-state index in [2.05, 4.69) is 41.4 Å². The molecule has 6 saturated heterocycles. The highest BCUT2D eigenvalue weighted by atomic mass is 35.5. The molecule has 0 aromatic rings. The van der Waals surface area contributed by atoms with E-state index in [1.807, 2.05) is 5.01 Å². The molecule has 12 heteroatoms. The van der Waals surface area contributed by atoms with Gasteiger partial charge in [0.05, 0.1) is 35.8 Å². The van der Waals surface area contributed by atoms with Crippen molar-refractivity contribution in [1.82, 2.24) is 46.4 Å². The van der Waals surface area contributed by atoms with E-state index in [4.69, 9.17) is 17.3 Å². The van der Waals surface area contributed by atoms with Crippen molar-refractivity contribution in [3.8, 4) is 0 Å². The summed E-state index contributed by atoms with van der Waals surface area (Å²) in [6.07, 6.45) is 3.53. The summed E-state index contributed by atoms with van der Waals surface area (Å²) in [5, 5.41) is 16.0. The predicted molar refractivity (Wildman–Crippen MR) is 135 cm³/mol. The number of rotatable bonds is 4. The number of nitrogens with one attached hydrogen (secondary N) is 5. The van der Waals surface area contributed by atoms with E-state index in [9.17, 15) is 4.79 Å². The lowest BCUT2D eigenvalue weighted by Crippen LogP contribution is -2.64. The molecule has 6 aliphatic rings. The molecule has 6 aliphatic heterocycles. The smallest absolute Gasteiger partial charge is 0.229 e. The highest BCUT2D eigenvalue weighted by Gasteiger charge is 2.47. The van der Waals surface area contributed by atoms with Gasteiger partial charge in [0.1, 0.15) is 0 Å². The number of piperidine rings is 2. The van der Waals surface area contributed by atoms with Crippen LogP contribution in [0.4, 0.5) is 0 Å². The lowest BCUT2D eigenvalue weighted by atomic mass is 9.93. The van der Waals surface area contributed by atoms with Crippen LogP contribution < -0.4 is 32.4 Å². The number of amides is 1. The molecule has 0 radical (unpaired) electrons. The second-order valence-corrected chi connectivity index (χ2v) is 11.8. The Kier molecular flexibility index (Phi) is 7.52. The van der Waals surface area contributed by atoms with E-state index in [0.29, 0.717) is 31.3 Å². The van der Waals surface area contributed by atoms with Crippen molar-refractivity contribution in [3.63, 3.8) is 0 Å². The topological polar surface area (TPSA) is 116 Å². The van der Waals surface area contributed by atoms with Crippen LogP contribution in [-0.2, 0) is 4.79 Å². The number of fused-ring (bicyclic) bond motifs is 2.